The maximum Gasteiger partial charge on any atom is 0.0965 e. The predicted octanol–water partition coefficient (Wildman–Crippen LogP) is 9.58. The summed E-state index contributed by atoms with van der Waals surface area (Å²) >= 11 is 0. The zero-order valence-corrected chi connectivity index (χ0v) is 25.2. The van der Waals surface area contributed by atoms with Gasteiger partial charge in [0, 0.05) is 58.6 Å². The van der Waals surface area contributed by atoms with Gasteiger partial charge in [-0.3, -0.25) is 19.9 Å². The van der Waals surface area contributed by atoms with Crippen molar-refractivity contribution in [3.8, 4) is 50.6 Å². The third-order valence-electron chi connectivity index (χ3n) is 8.66. The van der Waals surface area contributed by atoms with Gasteiger partial charge in [-0.2, -0.15) is 0 Å². The molecule has 6 nitrogen and oxygen atoms in total. The van der Waals surface area contributed by atoms with Crippen molar-refractivity contribution in [1.82, 2.24) is 29.5 Å². The molecule has 0 N–H and O–H groups in total. The summed E-state index contributed by atoms with van der Waals surface area (Å²) in [6.07, 6.45) is 9.08. The van der Waals surface area contributed by atoms with Crippen LogP contribution in [0.25, 0.3) is 83.4 Å². The Morgan fingerprint density at radius 1 is 0.447 bits per heavy atom. The maximum atomic E-state index is 5.08. The Hall–Kier alpha value is -6.53. The standard InChI is InChI=1S/C41H26N6/c1-2-7-31(8-3-1)47-39-17-16-29(23-33(39)34-26-42-20-18-40(34)47)27-12-14-28(15-13-27)37-24-30(25-38(46-37)35-10-4-5-19-43-35)32-9-6-11-36-41(32)45-22-21-44-36/h1-26H. The van der Waals surface area contributed by atoms with Crippen LogP contribution in [0.1, 0.15) is 0 Å². The number of nitrogens with zero attached hydrogens (tertiary/aromatic N) is 6. The molecule has 4 aromatic carbocycles. The number of hydrogen-bond donors (Lipinski definition) is 0. The van der Waals surface area contributed by atoms with Gasteiger partial charge in [-0.15, -0.1) is 0 Å². The van der Waals surface area contributed by atoms with Crippen LogP contribution >= 0.6 is 0 Å². The van der Waals surface area contributed by atoms with E-state index >= 15 is 0 Å². The minimum absolute atomic E-state index is 0.803. The van der Waals surface area contributed by atoms with Crippen molar-refractivity contribution < 1.29 is 0 Å². The first-order chi connectivity index (χ1) is 23.3. The Labute approximate surface area is 270 Å². The summed E-state index contributed by atoms with van der Waals surface area (Å²) in [6, 6.07) is 44.1. The lowest BCUT2D eigenvalue weighted by Gasteiger charge is -2.12. The smallest absolute Gasteiger partial charge is 0.0965 e. The largest absolute Gasteiger partial charge is 0.309 e. The van der Waals surface area contributed by atoms with Crippen LogP contribution in [0.2, 0.25) is 0 Å². The second kappa shape index (κ2) is 11.1. The fourth-order valence-electron chi connectivity index (χ4n) is 6.44. The fraction of sp³-hybridized carbons (Fsp3) is 0. The SMILES string of the molecule is c1ccc(-n2c3ccncc3c3cc(-c4ccc(-c5cc(-c6cccc7nccnc67)cc(-c6ccccn6)n5)cc4)ccc32)cc1. The molecule has 6 heteroatoms. The molecule has 5 heterocycles. The van der Waals surface area contributed by atoms with Crippen molar-refractivity contribution in [2.75, 3.05) is 0 Å². The fourth-order valence-corrected chi connectivity index (χ4v) is 6.44. The molecule has 0 amide bonds. The number of pyridine rings is 3. The van der Waals surface area contributed by atoms with E-state index in [0.717, 1.165) is 78.0 Å². The van der Waals surface area contributed by atoms with Crippen molar-refractivity contribution in [2.24, 2.45) is 0 Å². The number of benzene rings is 4. The molecule has 0 saturated carbocycles. The van der Waals surface area contributed by atoms with Gasteiger partial charge in [-0.1, -0.05) is 66.7 Å². The van der Waals surface area contributed by atoms with E-state index in [9.17, 15) is 0 Å². The van der Waals surface area contributed by atoms with E-state index in [2.05, 4.69) is 115 Å². The summed E-state index contributed by atoms with van der Waals surface area (Å²) in [5, 5.41) is 2.30. The highest BCUT2D eigenvalue weighted by atomic mass is 15.0. The molecule has 0 aliphatic carbocycles. The second-order valence-electron chi connectivity index (χ2n) is 11.4. The van der Waals surface area contributed by atoms with Gasteiger partial charge in [-0.25, -0.2) is 4.98 Å². The molecule has 47 heavy (non-hydrogen) atoms. The zero-order chi connectivity index (χ0) is 31.2. The minimum atomic E-state index is 0.803. The molecule has 0 spiro atoms. The minimum Gasteiger partial charge on any atom is -0.309 e. The van der Waals surface area contributed by atoms with Crippen molar-refractivity contribution in [3.63, 3.8) is 0 Å². The Bertz CT molecular complexity index is 2550. The highest BCUT2D eigenvalue weighted by molar-refractivity contribution is 6.10. The number of fused-ring (bicyclic) bond motifs is 4. The van der Waals surface area contributed by atoms with Crippen LogP contribution < -0.4 is 0 Å². The molecule has 0 radical (unpaired) electrons. The third kappa shape index (κ3) is 4.71. The first-order valence-corrected chi connectivity index (χ1v) is 15.5. The summed E-state index contributed by atoms with van der Waals surface area (Å²) < 4.78 is 2.30. The number of para-hydroxylation sites is 2. The molecule has 0 fully saturated rings. The molecule has 9 rings (SSSR count). The van der Waals surface area contributed by atoms with Crippen molar-refractivity contribution in [2.45, 2.75) is 0 Å². The van der Waals surface area contributed by atoms with Gasteiger partial charge in [0.1, 0.15) is 0 Å². The molecule has 9 aromatic rings. The van der Waals surface area contributed by atoms with Crippen LogP contribution in [0.4, 0.5) is 0 Å². The van der Waals surface area contributed by atoms with Crippen LogP contribution in [0.15, 0.2) is 158 Å². The summed E-state index contributed by atoms with van der Waals surface area (Å²) in [4.78, 5) is 23.3. The van der Waals surface area contributed by atoms with E-state index in [4.69, 9.17) is 4.98 Å². The summed E-state index contributed by atoms with van der Waals surface area (Å²) in [6.45, 7) is 0. The Morgan fingerprint density at radius 2 is 1.23 bits per heavy atom. The first-order valence-electron chi connectivity index (χ1n) is 15.5. The predicted molar refractivity (Wildman–Crippen MR) is 189 cm³/mol. The molecular formula is C41H26N6. The Morgan fingerprint density at radius 3 is 2.11 bits per heavy atom. The van der Waals surface area contributed by atoms with Crippen LogP contribution in [0.5, 0.6) is 0 Å². The van der Waals surface area contributed by atoms with Crippen LogP contribution in [-0.2, 0) is 0 Å². The van der Waals surface area contributed by atoms with E-state index in [-0.39, 0.29) is 0 Å². The molecule has 0 atom stereocenters. The van der Waals surface area contributed by atoms with E-state index in [0.29, 0.717) is 0 Å². The monoisotopic (exact) mass is 602 g/mol. The molecule has 0 aliphatic heterocycles. The number of rotatable bonds is 5. The van der Waals surface area contributed by atoms with Gasteiger partial charge in [0.25, 0.3) is 0 Å². The normalized spacial score (nSPS) is 11.4. The second-order valence-corrected chi connectivity index (χ2v) is 11.4. The van der Waals surface area contributed by atoms with Crippen molar-refractivity contribution in [3.05, 3.63) is 158 Å². The van der Waals surface area contributed by atoms with Crippen LogP contribution in [0, 0.1) is 0 Å². The van der Waals surface area contributed by atoms with E-state index in [1.165, 1.54) is 5.39 Å². The molecule has 0 unspecified atom stereocenters. The Kier molecular flexibility index (Phi) is 6.35. The van der Waals surface area contributed by atoms with Gasteiger partial charge < -0.3 is 4.57 Å². The zero-order valence-electron chi connectivity index (χ0n) is 25.2. The maximum absolute atomic E-state index is 5.08. The average molecular weight is 603 g/mol. The van der Waals surface area contributed by atoms with Crippen LogP contribution in [-0.4, -0.2) is 29.5 Å². The first kappa shape index (κ1) is 26.8. The van der Waals surface area contributed by atoms with E-state index in [1.807, 2.05) is 48.8 Å². The molecular weight excluding hydrogens is 576 g/mol. The molecule has 5 aromatic heterocycles. The van der Waals surface area contributed by atoms with Gasteiger partial charge in [0.15, 0.2) is 0 Å². The molecule has 0 aliphatic rings. The Balaban J connectivity index is 1.15. The van der Waals surface area contributed by atoms with E-state index in [1.54, 1.807) is 18.6 Å². The third-order valence-corrected chi connectivity index (χ3v) is 8.66. The average Bonchev–Trinajstić information content (AvgIpc) is 3.49. The van der Waals surface area contributed by atoms with Gasteiger partial charge >= 0.3 is 0 Å². The number of hydrogen-bond acceptors (Lipinski definition) is 5. The van der Waals surface area contributed by atoms with Gasteiger partial charge in [-0.05, 0) is 77.4 Å². The highest BCUT2D eigenvalue weighted by Gasteiger charge is 2.15. The quantitative estimate of drug-likeness (QED) is 0.196. The highest BCUT2D eigenvalue weighted by Crippen LogP contribution is 2.36. The van der Waals surface area contributed by atoms with Crippen molar-refractivity contribution in [1.29, 1.82) is 0 Å². The molecule has 220 valence electrons. The lowest BCUT2D eigenvalue weighted by molar-refractivity contribution is 1.17. The lowest BCUT2D eigenvalue weighted by Crippen LogP contribution is -1.94. The molecule has 0 saturated heterocycles. The van der Waals surface area contributed by atoms with Gasteiger partial charge in [0.05, 0.1) is 39.1 Å². The topological polar surface area (TPSA) is 69.4 Å². The molecule has 0 bridgehead atoms. The summed E-state index contributed by atoms with van der Waals surface area (Å²) in [7, 11) is 0. The number of aromatic nitrogens is 6. The van der Waals surface area contributed by atoms with Crippen molar-refractivity contribution >= 4 is 32.8 Å². The summed E-state index contributed by atoms with van der Waals surface area (Å²) in [5.41, 5.74) is 12.9. The summed E-state index contributed by atoms with van der Waals surface area (Å²) in [5.74, 6) is 0. The lowest BCUT2D eigenvalue weighted by atomic mass is 9.98. The van der Waals surface area contributed by atoms with E-state index < -0.39 is 0 Å². The van der Waals surface area contributed by atoms with Crippen LogP contribution in [0.3, 0.4) is 0 Å². The van der Waals surface area contributed by atoms with Gasteiger partial charge in [0.2, 0.25) is 0 Å².